The van der Waals surface area contributed by atoms with Crippen LogP contribution < -0.4 is 5.32 Å². The molecule has 1 N–H and O–H groups in total. The lowest BCUT2D eigenvalue weighted by Crippen LogP contribution is -2.06. The number of rotatable bonds is 5. The zero-order valence-electron chi connectivity index (χ0n) is 11.4. The van der Waals surface area contributed by atoms with Gasteiger partial charge in [-0.05, 0) is 30.9 Å². The number of para-hydroxylation sites is 1. The van der Waals surface area contributed by atoms with E-state index >= 15 is 0 Å². The Labute approximate surface area is 113 Å². The number of hydrogen-bond acceptors (Lipinski definition) is 4. The molecule has 0 bridgehead atoms. The third-order valence-corrected chi connectivity index (χ3v) is 3.72. The number of nitrogens with one attached hydrogen (secondary N) is 1. The summed E-state index contributed by atoms with van der Waals surface area (Å²) in [5.41, 5.74) is 2.42. The molecule has 3 rings (SSSR count). The van der Waals surface area contributed by atoms with Gasteiger partial charge in [-0.1, -0.05) is 30.3 Å². The van der Waals surface area contributed by atoms with Crippen LogP contribution in [0, 0.1) is 12.8 Å². The number of benzene rings is 1. The number of aromatic nitrogens is 2. The van der Waals surface area contributed by atoms with Crippen molar-refractivity contribution in [3.63, 3.8) is 0 Å². The van der Waals surface area contributed by atoms with Crippen molar-refractivity contribution in [2.24, 2.45) is 5.92 Å². The molecular weight excluding hydrogens is 238 g/mol. The maximum atomic E-state index is 5.28. The molecule has 1 heterocycles. The monoisotopic (exact) mass is 257 g/mol. The number of aryl methyl sites for hydroxylation is 1. The van der Waals surface area contributed by atoms with Crippen molar-refractivity contribution in [3.05, 3.63) is 41.5 Å². The fraction of sp³-hybridized carbons (Fsp3) is 0.467. The van der Waals surface area contributed by atoms with Crippen molar-refractivity contribution < 1.29 is 4.52 Å². The largest absolute Gasteiger partial charge is 0.384 e. The molecule has 4 heteroatoms. The topological polar surface area (TPSA) is 51.0 Å². The first-order valence-electron chi connectivity index (χ1n) is 6.86. The molecule has 100 valence electrons. The van der Waals surface area contributed by atoms with Crippen LogP contribution in [0.2, 0.25) is 0 Å². The van der Waals surface area contributed by atoms with E-state index in [0.717, 1.165) is 36.3 Å². The average molecular weight is 257 g/mol. The van der Waals surface area contributed by atoms with E-state index in [-0.39, 0.29) is 0 Å². The summed E-state index contributed by atoms with van der Waals surface area (Å²) >= 11 is 0. The van der Waals surface area contributed by atoms with Crippen molar-refractivity contribution in [3.8, 4) is 0 Å². The van der Waals surface area contributed by atoms with Gasteiger partial charge in [-0.15, -0.1) is 0 Å². The standard InChI is InChI=1S/C15H19N3O/c1-10-5-3-4-6-13(10)16-8-7-14-17-15(18-19-14)12-9-11(12)2/h3-6,11-12,16H,7-9H2,1-2H3. The number of nitrogens with zero attached hydrogens (tertiary/aromatic N) is 2. The second-order valence-electron chi connectivity index (χ2n) is 5.36. The predicted octanol–water partition coefficient (Wildman–Crippen LogP) is 3.16. The van der Waals surface area contributed by atoms with Crippen LogP contribution >= 0.6 is 0 Å². The van der Waals surface area contributed by atoms with Crippen molar-refractivity contribution in [2.45, 2.75) is 32.6 Å². The normalized spacial score (nSPS) is 21.4. The van der Waals surface area contributed by atoms with E-state index in [1.54, 1.807) is 0 Å². The van der Waals surface area contributed by atoms with Crippen LogP contribution in [0.15, 0.2) is 28.8 Å². The van der Waals surface area contributed by atoms with Gasteiger partial charge in [0.1, 0.15) is 0 Å². The summed E-state index contributed by atoms with van der Waals surface area (Å²) in [7, 11) is 0. The van der Waals surface area contributed by atoms with E-state index in [1.165, 1.54) is 12.0 Å². The van der Waals surface area contributed by atoms with E-state index in [4.69, 9.17) is 4.52 Å². The van der Waals surface area contributed by atoms with Gasteiger partial charge >= 0.3 is 0 Å². The third-order valence-electron chi connectivity index (χ3n) is 3.72. The van der Waals surface area contributed by atoms with Crippen molar-refractivity contribution >= 4 is 5.69 Å². The van der Waals surface area contributed by atoms with Gasteiger partial charge in [0, 0.05) is 24.6 Å². The summed E-state index contributed by atoms with van der Waals surface area (Å²) in [6.07, 6.45) is 1.96. The minimum absolute atomic E-state index is 0.529. The average Bonchev–Trinajstić information content (AvgIpc) is 2.96. The van der Waals surface area contributed by atoms with Crippen molar-refractivity contribution in [1.29, 1.82) is 0 Å². The summed E-state index contributed by atoms with van der Waals surface area (Å²) in [5, 5.41) is 7.45. The highest BCUT2D eigenvalue weighted by Crippen LogP contribution is 2.45. The third kappa shape index (κ3) is 2.78. The minimum Gasteiger partial charge on any atom is -0.384 e. The molecule has 1 aromatic heterocycles. The molecule has 0 amide bonds. The minimum atomic E-state index is 0.529. The lowest BCUT2D eigenvalue weighted by Gasteiger charge is -2.07. The summed E-state index contributed by atoms with van der Waals surface area (Å²) < 4.78 is 5.28. The SMILES string of the molecule is Cc1ccccc1NCCc1nc(C2CC2C)no1. The Hall–Kier alpha value is -1.84. The van der Waals surface area contributed by atoms with Crippen molar-refractivity contribution in [2.75, 3.05) is 11.9 Å². The summed E-state index contributed by atoms with van der Waals surface area (Å²) in [6.45, 7) is 5.13. The molecule has 19 heavy (non-hydrogen) atoms. The van der Waals surface area contributed by atoms with E-state index < -0.39 is 0 Å². The van der Waals surface area contributed by atoms with Crippen LogP contribution in [0.4, 0.5) is 5.69 Å². The van der Waals surface area contributed by atoms with Crippen LogP contribution in [0.3, 0.4) is 0 Å². The van der Waals surface area contributed by atoms with E-state index in [9.17, 15) is 0 Å². The molecule has 1 aliphatic rings. The quantitative estimate of drug-likeness (QED) is 0.894. The molecule has 4 nitrogen and oxygen atoms in total. The van der Waals surface area contributed by atoms with Crippen LogP contribution in [0.1, 0.15) is 36.5 Å². The maximum absolute atomic E-state index is 5.28. The second-order valence-corrected chi connectivity index (χ2v) is 5.36. The smallest absolute Gasteiger partial charge is 0.228 e. The Kier molecular flexibility index (Phi) is 3.23. The van der Waals surface area contributed by atoms with Gasteiger partial charge in [0.15, 0.2) is 5.82 Å². The first-order valence-corrected chi connectivity index (χ1v) is 6.86. The van der Waals surface area contributed by atoms with E-state index in [0.29, 0.717) is 5.92 Å². The van der Waals surface area contributed by atoms with Gasteiger partial charge in [-0.2, -0.15) is 4.98 Å². The zero-order valence-corrected chi connectivity index (χ0v) is 11.4. The fourth-order valence-electron chi connectivity index (χ4n) is 2.28. The zero-order chi connectivity index (χ0) is 13.2. The molecule has 1 aliphatic carbocycles. The Bertz CT molecular complexity index is 564. The highest BCUT2D eigenvalue weighted by molar-refractivity contribution is 5.50. The number of anilines is 1. The van der Waals surface area contributed by atoms with E-state index in [1.807, 2.05) is 12.1 Å². The first-order chi connectivity index (χ1) is 9.24. The van der Waals surface area contributed by atoms with Gasteiger partial charge < -0.3 is 9.84 Å². The van der Waals surface area contributed by atoms with Crippen molar-refractivity contribution in [1.82, 2.24) is 10.1 Å². The Balaban J connectivity index is 1.52. The van der Waals surface area contributed by atoms with Crippen LogP contribution in [-0.2, 0) is 6.42 Å². The van der Waals surface area contributed by atoms with Crippen LogP contribution in [0.5, 0.6) is 0 Å². The van der Waals surface area contributed by atoms with Crippen LogP contribution in [0.25, 0.3) is 0 Å². The summed E-state index contributed by atoms with van der Waals surface area (Å²) in [5.74, 6) is 2.87. The molecule has 1 fully saturated rings. The summed E-state index contributed by atoms with van der Waals surface area (Å²) in [4.78, 5) is 4.46. The van der Waals surface area contributed by atoms with Gasteiger partial charge in [0.25, 0.3) is 0 Å². The maximum Gasteiger partial charge on any atom is 0.228 e. The Morgan fingerprint density at radius 1 is 1.37 bits per heavy atom. The molecule has 0 aliphatic heterocycles. The molecular formula is C15H19N3O. The molecule has 0 saturated heterocycles. The predicted molar refractivity (Wildman–Crippen MR) is 74.2 cm³/mol. The van der Waals surface area contributed by atoms with Gasteiger partial charge in [0.05, 0.1) is 0 Å². The number of hydrogen-bond donors (Lipinski definition) is 1. The van der Waals surface area contributed by atoms with Gasteiger partial charge in [-0.25, -0.2) is 0 Å². The summed E-state index contributed by atoms with van der Waals surface area (Å²) in [6, 6.07) is 8.26. The van der Waals surface area contributed by atoms with E-state index in [2.05, 4.69) is 41.4 Å². The first kappa shape index (κ1) is 12.2. The molecule has 0 radical (unpaired) electrons. The highest BCUT2D eigenvalue weighted by Gasteiger charge is 2.37. The highest BCUT2D eigenvalue weighted by atomic mass is 16.5. The Morgan fingerprint density at radius 3 is 2.89 bits per heavy atom. The molecule has 2 aromatic rings. The molecule has 1 aromatic carbocycles. The lowest BCUT2D eigenvalue weighted by molar-refractivity contribution is 0.375. The molecule has 2 unspecified atom stereocenters. The van der Waals surface area contributed by atoms with Gasteiger partial charge in [0.2, 0.25) is 5.89 Å². The molecule has 0 spiro atoms. The van der Waals surface area contributed by atoms with Gasteiger partial charge in [-0.3, -0.25) is 0 Å². The lowest BCUT2D eigenvalue weighted by atomic mass is 10.2. The molecule has 1 saturated carbocycles. The fourth-order valence-corrected chi connectivity index (χ4v) is 2.28. The molecule has 2 atom stereocenters. The Morgan fingerprint density at radius 2 is 2.16 bits per heavy atom. The van der Waals surface area contributed by atoms with Crippen LogP contribution in [-0.4, -0.2) is 16.7 Å². The second kappa shape index (κ2) is 5.03.